The third-order valence-corrected chi connectivity index (χ3v) is 10.5. The van der Waals surface area contributed by atoms with Crippen LogP contribution in [0.1, 0.15) is 128 Å². The molecule has 2 atom stereocenters. The van der Waals surface area contributed by atoms with Crippen LogP contribution in [0.15, 0.2) is 36.4 Å². The highest BCUT2D eigenvalue weighted by Gasteiger charge is 2.27. The van der Waals surface area contributed by atoms with E-state index >= 15 is 0 Å². The zero-order valence-electron chi connectivity index (χ0n) is 35.0. The van der Waals surface area contributed by atoms with Gasteiger partial charge in [-0.05, 0) is 41.3 Å². The van der Waals surface area contributed by atoms with Crippen molar-refractivity contribution < 1.29 is 51.6 Å². The van der Waals surface area contributed by atoms with Crippen LogP contribution < -0.4 is 10.1 Å². The number of nitrogens with one attached hydrogen (secondary N) is 1. The molecule has 0 bridgehead atoms. The van der Waals surface area contributed by atoms with Crippen molar-refractivity contribution in [1.29, 1.82) is 0 Å². The maximum absolute atomic E-state index is 12.8. The summed E-state index contributed by atoms with van der Waals surface area (Å²) in [5.74, 6) is -0.492. The molecule has 56 heavy (non-hydrogen) atoms. The quantitative estimate of drug-likeness (QED) is 0.0310. The molecule has 0 aliphatic rings. The molecule has 2 N–H and O–H groups in total. The number of benzene rings is 2. The molecule has 1 unspecified atom stereocenters. The highest BCUT2D eigenvalue weighted by atomic mass is 31.2. The molecule has 0 radical (unpaired) electrons. The molecule has 2 rings (SSSR count). The number of methoxy groups -OCH3 is 1. The van der Waals surface area contributed by atoms with E-state index in [1.165, 1.54) is 70.6 Å². The molecule has 2 aromatic rings. The molecule has 318 valence electrons. The number of ether oxygens (including phenoxy) is 3. The van der Waals surface area contributed by atoms with Gasteiger partial charge in [0.15, 0.2) is 6.10 Å². The van der Waals surface area contributed by atoms with Crippen molar-refractivity contribution in [2.75, 3.05) is 61.2 Å². The van der Waals surface area contributed by atoms with E-state index in [1.54, 1.807) is 7.11 Å². The molecule has 0 spiro atoms. The number of carbonyl (C=O) groups is 3. The molecule has 2 aromatic carbocycles. The van der Waals surface area contributed by atoms with Crippen LogP contribution in [-0.2, 0) is 43.9 Å². The van der Waals surface area contributed by atoms with Crippen LogP contribution in [-0.4, -0.2) is 94.5 Å². The molecule has 1 amide bonds. The summed E-state index contributed by atoms with van der Waals surface area (Å²) in [7, 11) is 2.92. The van der Waals surface area contributed by atoms with Gasteiger partial charge in [-0.15, -0.1) is 0 Å². The van der Waals surface area contributed by atoms with Gasteiger partial charge in [0.25, 0.3) is 0 Å². The van der Waals surface area contributed by atoms with Gasteiger partial charge in [-0.2, -0.15) is 0 Å². The normalized spacial score (nSPS) is 13.2. The Hall–Kier alpha value is -3.02. The number of nitrogens with zero attached hydrogens (tertiary/aromatic N) is 1. The van der Waals surface area contributed by atoms with E-state index in [4.69, 9.17) is 23.3 Å². The van der Waals surface area contributed by atoms with E-state index in [9.17, 15) is 23.8 Å². The molecular formula is C43H72N2O10P+. The highest BCUT2D eigenvalue weighted by Crippen LogP contribution is 2.43. The van der Waals surface area contributed by atoms with Crippen molar-refractivity contribution in [2.45, 2.75) is 135 Å². The molecule has 12 nitrogen and oxygen atoms in total. The SMILES string of the molecule is CCCCCCCCCCCCCCCCCC(=O)OC[C@H](COP(=O)(O)OCC[N+](C)(C)C)OC(=O)CCCNC(=O)Cc1cccc2cc(OC)ccc12. The first kappa shape index (κ1) is 49.1. The van der Waals surface area contributed by atoms with Gasteiger partial charge in [0.1, 0.15) is 25.5 Å². The summed E-state index contributed by atoms with van der Waals surface area (Å²) >= 11 is 0. The van der Waals surface area contributed by atoms with Gasteiger partial charge in [-0.3, -0.25) is 23.4 Å². The van der Waals surface area contributed by atoms with E-state index in [2.05, 4.69) is 12.2 Å². The Balaban J connectivity index is 1.72. The number of amides is 1. The first-order valence-electron chi connectivity index (χ1n) is 20.9. The number of unbranched alkanes of at least 4 members (excludes halogenated alkanes) is 14. The molecule has 0 aliphatic carbocycles. The highest BCUT2D eigenvalue weighted by molar-refractivity contribution is 7.47. The number of phosphoric ester groups is 1. The topological polar surface area (TPSA) is 147 Å². The largest absolute Gasteiger partial charge is 0.497 e. The second kappa shape index (κ2) is 28.4. The van der Waals surface area contributed by atoms with Crippen LogP contribution in [0.3, 0.4) is 0 Å². The van der Waals surface area contributed by atoms with Crippen LogP contribution in [0.5, 0.6) is 5.75 Å². The van der Waals surface area contributed by atoms with Crippen molar-refractivity contribution in [3.8, 4) is 5.75 Å². The Bertz CT molecular complexity index is 1460. The second-order valence-corrected chi connectivity index (χ2v) is 17.2. The summed E-state index contributed by atoms with van der Waals surface area (Å²) in [4.78, 5) is 48.2. The van der Waals surface area contributed by atoms with Gasteiger partial charge in [-0.1, -0.05) is 121 Å². The molecule has 13 heteroatoms. The zero-order chi connectivity index (χ0) is 41.1. The van der Waals surface area contributed by atoms with Crippen LogP contribution >= 0.6 is 7.82 Å². The summed E-state index contributed by atoms with van der Waals surface area (Å²) in [6.07, 6.45) is 18.0. The maximum atomic E-state index is 12.8. The number of rotatable bonds is 33. The first-order valence-corrected chi connectivity index (χ1v) is 22.4. The van der Waals surface area contributed by atoms with E-state index in [-0.39, 0.29) is 44.9 Å². The van der Waals surface area contributed by atoms with Gasteiger partial charge in [0, 0.05) is 19.4 Å². The van der Waals surface area contributed by atoms with E-state index in [1.807, 2.05) is 57.5 Å². The smallest absolute Gasteiger partial charge is 0.472 e. The molecule has 0 aliphatic heterocycles. The second-order valence-electron chi connectivity index (χ2n) is 15.7. The van der Waals surface area contributed by atoms with Gasteiger partial charge in [0.2, 0.25) is 5.91 Å². The fraction of sp³-hybridized carbons (Fsp3) is 0.698. The van der Waals surface area contributed by atoms with E-state index in [0.29, 0.717) is 23.9 Å². The van der Waals surface area contributed by atoms with Gasteiger partial charge < -0.3 is 28.9 Å². The monoisotopic (exact) mass is 807 g/mol. The number of hydrogen-bond donors (Lipinski definition) is 2. The molecule has 0 heterocycles. The number of quaternary nitrogens is 1. The Morgan fingerprint density at radius 1 is 0.768 bits per heavy atom. The van der Waals surface area contributed by atoms with E-state index < -0.39 is 32.5 Å². The lowest BCUT2D eigenvalue weighted by Crippen LogP contribution is -2.37. The summed E-state index contributed by atoms with van der Waals surface area (Å²) in [6, 6.07) is 11.5. The number of fused-ring (bicyclic) bond motifs is 1. The van der Waals surface area contributed by atoms with Gasteiger partial charge in [0.05, 0.1) is 41.3 Å². The summed E-state index contributed by atoms with van der Waals surface area (Å²) in [6.45, 7) is 2.13. The minimum Gasteiger partial charge on any atom is -0.497 e. The molecule has 0 fully saturated rings. The lowest BCUT2D eigenvalue weighted by atomic mass is 10.0. The maximum Gasteiger partial charge on any atom is 0.472 e. The number of esters is 2. The summed E-state index contributed by atoms with van der Waals surface area (Å²) in [5.41, 5.74) is 0.877. The van der Waals surface area contributed by atoms with Crippen LogP contribution in [0.4, 0.5) is 0 Å². The van der Waals surface area contributed by atoms with Crippen molar-refractivity contribution in [3.63, 3.8) is 0 Å². The third-order valence-electron chi connectivity index (χ3n) is 9.56. The van der Waals surface area contributed by atoms with Gasteiger partial charge in [-0.25, -0.2) is 4.57 Å². The average Bonchev–Trinajstić information content (AvgIpc) is 3.15. The fourth-order valence-electron chi connectivity index (χ4n) is 6.21. The Morgan fingerprint density at radius 3 is 1.98 bits per heavy atom. The minimum absolute atomic E-state index is 0.0169. The van der Waals surface area contributed by atoms with Crippen molar-refractivity contribution in [1.82, 2.24) is 5.32 Å². The Labute approximate surface area is 336 Å². The van der Waals surface area contributed by atoms with Crippen molar-refractivity contribution in [2.24, 2.45) is 0 Å². The standard InChI is InChI=1S/C43H71N2O10P/c1-6-7-8-9-10-11-12-13-14-15-16-17-18-19-20-25-42(47)52-34-39(35-54-56(49,50)53-31-30-45(2,3)4)55-43(48)26-22-29-44-41(46)33-37-24-21-23-36-32-38(51-5)27-28-40(36)37/h21,23-24,27-28,32,39H,6-20,22,25-26,29-31,33-35H2,1-5H3,(H-,44,46,49,50)/p+1/t39-/m1/s1. The molecule has 0 saturated carbocycles. The fourth-order valence-corrected chi connectivity index (χ4v) is 6.95. The van der Waals surface area contributed by atoms with Crippen LogP contribution in [0.25, 0.3) is 10.8 Å². The summed E-state index contributed by atoms with van der Waals surface area (Å²) in [5, 5.41) is 4.78. The number of carbonyl (C=O) groups excluding carboxylic acids is 3. The number of phosphoric acid groups is 1. The first-order chi connectivity index (χ1) is 26.8. The lowest BCUT2D eigenvalue weighted by Gasteiger charge is -2.24. The van der Waals surface area contributed by atoms with E-state index in [0.717, 1.165) is 41.3 Å². The van der Waals surface area contributed by atoms with Crippen LogP contribution in [0.2, 0.25) is 0 Å². The molecule has 0 aromatic heterocycles. The lowest BCUT2D eigenvalue weighted by molar-refractivity contribution is -0.870. The van der Waals surface area contributed by atoms with Crippen molar-refractivity contribution in [3.05, 3.63) is 42.0 Å². The Morgan fingerprint density at radius 2 is 1.38 bits per heavy atom. The third kappa shape index (κ3) is 23.9. The molecule has 0 saturated heterocycles. The van der Waals surface area contributed by atoms with Crippen LogP contribution in [0, 0.1) is 0 Å². The summed E-state index contributed by atoms with van der Waals surface area (Å²) < 4.78 is 39.5. The Kier molecular flexibility index (Phi) is 24.9. The zero-order valence-corrected chi connectivity index (χ0v) is 35.9. The average molecular weight is 808 g/mol. The molecular weight excluding hydrogens is 735 g/mol. The van der Waals surface area contributed by atoms with Crippen molar-refractivity contribution >= 4 is 36.4 Å². The number of hydrogen-bond acceptors (Lipinski definition) is 9. The predicted octanol–water partition coefficient (Wildman–Crippen LogP) is 8.84. The number of likely N-dealkylation sites (N-methyl/N-ethyl adjacent to an activating group) is 1. The van der Waals surface area contributed by atoms with Gasteiger partial charge >= 0.3 is 19.8 Å². The minimum atomic E-state index is -4.45. The predicted molar refractivity (Wildman–Crippen MR) is 221 cm³/mol.